The summed E-state index contributed by atoms with van der Waals surface area (Å²) in [6.45, 7) is 14.1. The largest absolute Gasteiger partial charge is 0.362 e. The first-order valence-corrected chi connectivity index (χ1v) is 18.9. The van der Waals surface area contributed by atoms with Crippen LogP contribution in [0.2, 0.25) is 0 Å². The number of aryl methyl sites for hydroxylation is 1. The molecule has 1 atom stereocenters. The number of aromatic nitrogens is 3. The Morgan fingerprint density at radius 2 is 1.64 bits per heavy atom. The molecule has 9 nitrogen and oxygen atoms in total. The lowest BCUT2D eigenvalue weighted by Gasteiger charge is -2.44. The lowest BCUT2D eigenvalue weighted by atomic mass is 9.65. The van der Waals surface area contributed by atoms with E-state index in [1.807, 2.05) is 32.2 Å². The number of nitrogens with one attached hydrogen (secondary N) is 2. The van der Waals surface area contributed by atoms with Gasteiger partial charge in [-0.2, -0.15) is 5.10 Å². The third-order valence-corrected chi connectivity index (χ3v) is 12.5. The molecule has 1 spiro atoms. The Morgan fingerprint density at radius 1 is 0.940 bits per heavy atom. The SMILES string of the molecule is Cc1c(C(F)F)cccc1[C@@H](C)Nc1nnc(C)c2cnc(N3CCN(C(=O)C4CCN(CC5CCC6(CCNCC6)CC5)CC4)CC3)cc12. The van der Waals surface area contributed by atoms with E-state index in [1.165, 1.54) is 64.2 Å². The smallest absolute Gasteiger partial charge is 0.264 e. The first-order chi connectivity index (χ1) is 24.2. The Labute approximate surface area is 295 Å². The fourth-order valence-corrected chi connectivity index (χ4v) is 9.17. The summed E-state index contributed by atoms with van der Waals surface area (Å²) < 4.78 is 27.2. The average molecular weight is 689 g/mol. The molecule has 7 rings (SSSR count). The molecule has 1 aliphatic carbocycles. The Hall–Kier alpha value is -3.44. The monoisotopic (exact) mass is 688 g/mol. The van der Waals surface area contributed by atoms with Crippen LogP contribution in [0.4, 0.5) is 20.4 Å². The van der Waals surface area contributed by atoms with Gasteiger partial charge in [0.15, 0.2) is 5.82 Å². The number of piperidine rings is 2. The van der Waals surface area contributed by atoms with Crippen LogP contribution in [0.25, 0.3) is 10.8 Å². The highest BCUT2D eigenvalue weighted by Crippen LogP contribution is 2.45. The zero-order valence-electron chi connectivity index (χ0n) is 30.1. The maximum Gasteiger partial charge on any atom is 0.264 e. The van der Waals surface area contributed by atoms with E-state index < -0.39 is 6.43 Å². The third-order valence-electron chi connectivity index (χ3n) is 12.5. The summed E-state index contributed by atoms with van der Waals surface area (Å²) in [7, 11) is 0. The van der Waals surface area contributed by atoms with Gasteiger partial charge in [0, 0.05) is 61.2 Å². The molecule has 11 heteroatoms. The normalized spacial score (nSPS) is 21.6. The van der Waals surface area contributed by atoms with Crippen molar-refractivity contribution < 1.29 is 13.6 Å². The van der Waals surface area contributed by atoms with Gasteiger partial charge >= 0.3 is 0 Å². The fraction of sp³-hybridized carbons (Fsp3) is 0.641. The van der Waals surface area contributed by atoms with Crippen molar-refractivity contribution in [3.05, 3.63) is 52.8 Å². The van der Waals surface area contributed by atoms with Gasteiger partial charge in [-0.05, 0) is 127 Å². The molecule has 1 amide bonds. The number of halogens is 2. The van der Waals surface area contributed by atoms with E-state index in [9.17, 15) is 13.6 Å². The molecule has 0 bridgehead atoms. The third kappa shape index (κ3) is 7.45. The minimum atomic E-state index is -2.52. The quantitative estimate of drug-likeness (QED) is 0.271. The van der Waals surface area contributed by atoms with Crippen molar-refractivity contribution >= 4 is 28.3 Å². The number of carbonyl (C=O) groups is 1. The summed E-state index contributed by atoms with van der Waals surface area (Å²) in [6, 6.07) is 6.82. The molecule has 0 unspecified atom stereocenters. The van der Waals surface area contributed by atoms with Crippen LogP contribution in [0.15, 0.2) is 30.5 Å². The number of anilines is 2. The molecule has 1 aromatic carbocycles. The maximum atomic E-state index is 13.6. The molecule has 50 heavy (non-hydrogen) atoms. The highest BCUT2D eigenvalue weighted by Gasteiger charge is 2.37. The zero-order chi connectivity index (χ0) is 34.8. The van der Waals surface area contributed by atoms with Crippen LogP contribution in [0, 0.1) is 31.1 Å². The van der Waals surface area contributed by atoms with Crippen LogP contribution in [-0.2, 0) is 4.79 Å². The molecule has 3 saturated heterocycles. The number of benzene rings is 1. The molecule has 2 aromatic heterocycles. The molecule has 4 fully saturated rings. The van der Waals surface area contributed by atoms with Gasteiger partial charge in [0.05, 0.1) is 11.7 Å². The van der Waals surface area contributed by atoms with E-state index in [2.05, 4.69) is 35.5 Å². The van der Waals surface area contributed by atoms with Crippen molar-refractivity contribution in [3.8, 4) is 0 Å². The van der Waals surface area contributed by atoms with Gasteiger partial charge in [-0.25, -0.2) is 13.8 Å². The van der Waals surface area contributed by atoms with Crippen LogP contribution in [0.5, 0.6) is 0 Å². The zero-order valence-corrected chi connectivity index (χ0v) is 30.1. The van der Waals surface area contributed by atoms with Gasteiger partial charge in [-0.1, -0.05) is 18.2 Å². The van der Waals surface area contributed by atoms with E-state index in [0.29, 0.717) is 35.8 Å². The number of hydrogen-bond donors (Lipinski definition) is 2. The summed E-state index contributed by atoms with van der Waals surface area (Å²) in [6.07, 6.45) is 9.52. The van der Waals surface area contributed by atoms with Gasteiger partial charge in [0.25, 0.3) is 6.43 Å². The molecule has 2 N–H and O–H groups in total. The van der Waals surface area contributed by atoms with Gasteiger partial charge in [-0.15, -0.1) is 5.10 Å². The summed E-state index contributed by atoms with van der Waals surface area (Å²) in [5.74, 6) is 2.70. The Kier molecular flexibility index (Phi) is 10.5. The van der Waals surface area contributed by atoms with Crippen molar-refractivity contribution in [3.63, 3.8) is 0 Å². The number of alkyl halides is 2. The highest BCUT2D eigenvalue weighted by molar-refractivity contribution is 5.94. The maximum absolute atomic E-state index is 13.6. The van der Waals surface area contributed by atoms with E-state index in [-0.39, 0.29) is 17.5 Å². The van der Waals surface area contributed by atoms with Crippen LogP contribution in [0.3, 0.4) is 0 Å². The highest BCUT2D eigenvalue weighted by atomic mass is 19.3. The van der Waals surface area contributed by atoms with E-state index in [1.54, 1.807) is 13.0 Å². The van der Waals surface area contributed by atoms with Crippen LogP contribution >= 0.6 is 0 Å². The first kappa shape index (κ1) is 35.0. The topological polar surface area (TPSA) is 89.5 Å². The second kappa shape index (κ2) is 15.0. The number of hydrogen-bond acceptors (Lipinski definition) is 8. The molecule has 0 radical (unpaired) electrons. The van der Waals surface area contributed by atoms with E-state index in [4.69, 9.17) is 4.98 Å². The summed E-state index contributed by atoms with van der Waals surface area (Å²) >= 11 is 0. The van der Waals surface area contributed by atoms with Crippen molar-refractivity contribution in [1.29, 1.82) is 0 Å². The number of pyridine rings is 1. The first-order valence-electron chi connectivity index (χ1n) is 18.9. The van der Waals surface area contributed by atoms with Crippen LogP contribution in [0.1, 0.15) is 93.1 Å². The number of rotatable bonds is 8. The molecular formula is C39H54F2N8O. The molecule has 4 aliphatic rings. The molecule has 3 aliphatic heterocycles. The number of likely N-dealkylation sites (tertiary alicyclic amines) is 1. The number of fused-ring (bicyclic) bond motifs is 1. The van der Waals surface area contributed by atoms with Crippen molar-refractivity contribution in [2.75, 3.05) is 69.1 Å². The van der Waals surface area contributed by atoms with Crippen LogP contribution in [-0.4, -0.2) is 89.8 Å². The second-order valence-corrected chi connectivity index (χ2v) is 15.5. The molecular weight excluding hydrogens is 634 g/mol. The minimum Gasteiger partial charge on any atom is -0.362 e. The molecule has 270 valence electrons. The van der Waals surface area contributed by atoms with Crippen molar-refractivity contribution in [1.82, 2.24) is 30.3 Å². The standard InChI is InChI=1S/C39H54F2N8O/c1-26-31(5-4-6-32(26)36(40)41)27(2)44-37-33-23-35(43-24-34(33)28(3)45-46-37)48-19-21-49(22-20-48)38(50)30-9-17-47(18-10-30)25-29-7-11-39(12-8-29)13-15-42-16-14-39/h4-6,23-24,27,29-30,36,42H,7-22,25H2,1-3H3,(H,44,46)/t27-/m1/s1. The Morgan fingerprint density at radius 3 is 2.34 bits per heavy atom. The summed E-state index contributed by atoms with van der Waals surface area (Å²) in [4.78, 5) is 25.4. The lowest BCUT2D eigenvalue weighted by molar-refractivity contribution is -0.137. The van der Waals surface area contributed by atoms with Crippen molar-refractivity contribution in [2.24, 2.45) is 17.3 Å². The molecule has 1 saturated carbocycles. The van der Waals surface area contributed by atoms with Crippen LogP contribution < -0.4 is 15.5 Å². The predicted molar refractivity (Wildman–Crippen MR) is 195 cm³/mol. The fourth-order valence-electron chi connectivity index (χ4n) is 9.17. The number of piperazine rings is 1. The van der Waals surface area contributed by atoms with Gasteiger partial charge in [-0.3, -0.25) is 4.79 Å². The second-order valence-electron chi connectivity index (χ2n) is 15.5. The van der Waals surface area contributed by atoms with Gasteiger partial charge in [0.1, 0.15) is 5.82 Å². The van der Waals surface area contributed by atoms with Crippen molar-refractivity contribution in [2.45, 2.75) is 84.6 Å². The van der Waals surface area contributed by atoms with Gasteiger partial charge in [0.2, 0.25) is 5.91 Å². The summed E-state index contributed by atoms with van der Waals surface area (Å²) in [5.41, 5.74) is 2.83. The lowest BCUT2D eigenvalue weighted by Crippen LogP contribution is -2.52. The number of carbonyl (C=O) groups excluding carboxylic acids is 1. The average Bonchev–Trinajstić information content (AvgIpc) is 3.14. The molecule has 5 heterocycles. The predicted octanol–water partition coefficient (Wildman–Crippen LogP) is 6.67. The number of nitrogens with zero attached hydrogens (tertiary/aromatic N) is 6. The minimum absolute atomic E-state index is 0.0469. The Bertz CT molecular complexity index is 1640. The number of amides is 1. The van der Waals surface area contributed by atoms with E-state index >= 15 is 0 Å². The summed E-state index contributed by atoms with van der Waals surface area (Å²) in [5, 5.41) is 17.6. The molecule has 3 aromatic rings. The van der Waals surface area contributed by atoms with Gasteiger partial charge < -0.3 is 25.3 Å². The van der Waals surface area contributed by atoms with E-state index in [0.717, 1.165) is 72.8 Å². The Balaban J connectivity index is 0.925.